The first-order chi connectivity index (χ1) is 5.92. The molecule has 2 heterocycles. The molecule has 58 valence electrons. The fourth-order valence-electron chi connectivity index (χ4n) is 1.07. The second kappa shape index (κ2) is 2.56. The van der Waals surface area contributed by atoms with E-state index >= 15 is 0 Å². The highest BCUT2D eigenvalue weighted by molar-refractivity contribution is 5.66. The molecule has 1 N–H and O–H groups in total. The molecule has 0 saturated carbocycles. The van der Waals surface area contributed by atoms with Crippen LogP contribution in [0.25, 0.3) is 5.52 Å². The van der Waals surface area contributed by atoms with E-state index in [4.69, 9.17) is 5.53 Å². The molecular weight excluding hydrogens is 154 g/mol. The van der Waals surface area contributed by atoms with Crippen molar-refractivity contribution in [3.63, 3.8) is 0 Å². The molecule has 0 fully saturated rings. The first-order valence-corrected chi connectivity index (χ1v) is 3.40. The summed E-state index contributed by atoms with van der Waals surface area (Å²) in [7, 11) is 0. The summed E-state index contributed by atoms with van der Waals surface area (Å²) >= 11 is 0. The van der Waals surface area contributed by atoms with Crippen molar-refractivity contribution in [3.8, 4) is 0 Å². The van der Waals surface area contributed by atoms with Gasteiger partial charge >= 0.3 is 0 Å². The van der Waals surface area contributed by atoms with Crippen LogP contribution in [-0.4, -0.2) is 9.38 Å². The van der Waals surface area contributed by atoms with Crippen LogP contribution in [0.4, 0.5) is 5.69 Å². The van der Waals surface area contributed by atoms with E-state index in [0.717, 1.165) is 5.52 Å². The summed E-state index contributed by atoms with van der Waals surface area (Å²) in [5.74, 6) is 0. The molecule has 0 aliphatic heterocycles. The van der Waals surface area contributed by atoms with E-state index in [0.29, 0.717) is 5.69 Å². The molecule has 0 bridgehead atoms. The molecule has 0 amide bonds. The Bertz CT molecular complexity index is 452. The van der Waals surface area contributed by atoms with Gasteiger partial charge in [0, 0.05) is 6.20 Å². The summed E-state index contributed by atoms with van der Waals surface area (Å²) in [6.07, 6.45) is 5.23. The molecular formula is C7H6N5+. The van der Waals surface area contributed by atoms with E-state index in [2.05, 4.69) is 15.0 Å². The minimum atomic E-state index is 0.657. The van der Waals surface area contributed by atoms with E-state index in [1.54, 1.807) is 18.6 Å². The van der Waals surface area contributed by atoms with Gasteiger partial charge in [-0.05, 0) is 12.1 Å². The molecule has 12 heavy (non-hydrogen) atoms. The quantitative estimate of drug-likeness (QED) is 0.498. The SMILES string of the molecule is N=[N+]=Nc1cccn2cncc12. The number of hydrogen-bond donors (Lipinski definition) is 1. The molecule has 0 spiro atoms. The van der Waals surface area contributed by atoms with Crippen molar-refractivity contribution in [3.05, 3.63) is 30.9 Å². The Kier molecular flexibility index (Phi) is 1.43. The molecule has 0 aliphatic carbocycles. The monoisotopic (exact) mass is 160 g/mol. The third-order valence-corrected chi connectivity index (χ3v) is 1.59. The predicted octanol–water partition coefficient (Wildman–Crippen LogP) is 1.52. The summed E-state index contributed by atoms with van der Waals surface area (Å²) in [6, 6.07) is 3.62. The van der Waals surface area contributed by atoms with Gasteiger partial charge in [0.2, 0.25) is 4.91 Å². The largest absolute Gasteiger partial charge is 0.304 e. The van der Waals surface area contributed by atoms with Crippen LogP contribution in [0.1, 0.15) is 0 Å². The van der Waals surface area contributed by atoms with Crippen LogP contribution >= 0.6 is 0 Å². The van der Waals surface area contributed by atoms with Crippen molar-refractivity contribution >= 4 is 11.2 Å². The lowest BCUT2D eigenvalue weighted by molar-refractivity contribution is 0.990. The second-order valence-corrected chi connectivity index (χ2v) is 2.28. The van der Waals surface area contributed by atoms with Gasteiger partial charge in [0.1, 0.15) is 5.53 Å². The van der Waals surface area contributed by atoms with Crippen molar-refractivity contribution in [1.82, 2.24) is 14.3 Å². The van der Waals surface area contributed by atoms with E-state index in [9.17, 15) is 0 Å². The number of imidazole rings is 1. The molecule has 0 aromatic carbocycles. The van der Waals surface area contributed by atoms with Crippen LogP contribution in [0.3, 0.4) is 0 Å². The van der Waals surface area contributed by atoms with Crippen LogP contribution < -0.4 is 4.91 Å². The number of fused-ring (bicyclic) bond motifs is 1. The number of nitrogens with zero attached hydrogens (tertiary/aromatic N) is 4. The van der Waals surface area contributed by atoms with Crippen molar-refractivity contribution in [2.75, 3.05) is 0 Å². The highest BCUT2D eigenvalue weighted by atomic mass is 15.1. The van der Waals surface area contributed by atoms with Crippen molar-refractivity contribution in [2.24, 2.45) is 5.11 Å². The smallest absolute Gasteiger partial charge is 0.220 e. The Balaban J connectivity index is 2.81. The maximum atomic E-state index is 6.60. The summed E-state index contributed by atoms with van der Waals surface area (Å²) in [6.45, 7) is 0. The number of rotatable bonds is 1. The zero-order valence-electron chi connectivity index (χ0n) is 6.18. The van der Waals surface area contributed by atoms with Gasteiger partial charge in [-0.15, -0.1) is 0 Å². The average Bonchev–Trinajstić information content (AvgIpc) is 2.53. The number of hydrogen-bond acceptors (Lipinski definition) is 3. The normalized spacial score (nSPS) is 9.67. The lowest BCUT2D eigenvalue weighted by Crippen LogP contribution is -1.79. The molecule has 5 heteroatoms. The molecule has 0 saturated heterocycles. The first-order valence-electron chi connectivity index (χ1n) is 3.40. The van der Waals surface area contributed by atoms with Gasteiger partial charge in [0.15, 0.2) is 10.8 Å². The van der Waals surface area contributed by atoms with Crippen LogP contribution in [0.5, 0.6) is 0 Å². The summed E-state index contributed by atoms with van der Waals surface area (Å²) in [4.78, 5) is 6.91. The summed E-state index contributed by atoms with van der Waals surface area (Å²) in [5.41, 5.74) is 8.11. The summed E-state index contributed by atoms with van der Waals surface area (Å²) in [5, 5.41) is 3.64. The Labute approximate surface area is 67.9 Å². The molecule has 0 unspecified atom stereocenters. The van der Waals surface area contributed by atoms with Gasteiger partial charge in [0.05, 0.1) is 18.0 Å². The number of pyridine rings is 1. The molecule has 2 rings (SSSR count). The topological polar surface area (TPSA) is 67.6 Å². The lowest BCUT2D eigenvalue weighted by Gasteiger charge is -1.90. The van der Waals surface area contributed by atoms with Crippen LogP contribution in [0.15, 0.2) is 36.0 Å². The van der Waals surface area contributed by atoms with E-state index in [-0.39, 0.29) is 0 Å². The molecule has 0 atom stereocenters. The zero-order chi connectivity index (χ0) is 8.39. The zero-order valence-corrected chi connectivity index (χ0v) is 6.18. The van der Waals surface area contributed by atoms with Crippen molar-refractivity contribution in [1.29, 1.82) is 5.53 Å². The maximum absolute atomic E-state index is 6.60. The molecule has 0 aliphatic rings. The van der Waals surface area contributed by atoms with Crippen molar-refractivity contribution in [2.45, 2.75) is 0 Å². The maximum Gasteiger partial charge on any atom is 0.220 e. The molecule has 0 radical (unpaired) electrons. The Morgan fingerprint density at radius 2 is 2.50 bits per heavy atom. The minimum absolute atomic E-state index is 0.657. The van der Waals surface area contributed by atoms with Gasteiger partial charge in [-0.1, -0.05) is 0 Å². The molecule has 2 aromatic heterocycles. The molecule has 2 aromatic rings. The number of nitrogens with one attached hydrogen (secondary N) is 1. The van der Waals surface area contributed by atoms with Gasteiger partial charge in [-0.25, -0.2) is 4.98 Å². The van der Waals surface area contributed by atoms with Crippen molar-refractivity contribution < 1.29 is 0 Å². The van der Waals surface area contributed by atoms with E-state index in [1.165, 1.54) is 0 Å². The van der Waals surface area contributed by atoms with Crippen LogP contribution in [0, 0.1) is 5.53 Å². The highest BCUT2D eigenvalue weighted by Crippen LogP contribution is 2.17. The highest BCUT2D eigenvalue weighted by Gasteiger charge is 2.02. The number of aromatic nitrogens is 2. The average molecular weight is 160 g/mol. The van der Waals surface area contributed by atoms with Crippen LogP contribution in [-0.2, 0) is 0 Å². The third kappa shape index (κ3) is 0.889. The fourth-order valence-corrected chi connectivity index (χ4v) is 1.07. The first kappa shape index (κ1) is 6.69. The third-order valence-electron chi connectivity index (χ3n) is 1.59. The Morgan fingerprint density at radius 1 is 1.58 bits per heavy atom. The predicted molar refractivity (Wildman–Crippen MR) is 42.1 cm³/mol. The second-order valence-electron chi connectivity index (χ2n) is 2.28. The summed E-state index contributed by atoms with van der Waals surface area (Å²) < 4.78 is 1.82. The Morgan fingerprint density at radius 3 is 3.33 bits per heavy atom. The van der Waals surface area contributed by atoms with Gasteiger partial charge < -0.3 is 4.40 Å². The van der Waals surface area contributed by atoms with Gasteiger partial charge in [-0.2, -0.15) is 0 Å². The van der Waals surface area contributed by atoms with E-state index in [1.807, 2.05) is 16.7 Å². The molecule has 5 nitrogen and oxygen atoms in total. The van der Waals surface area contributed by atoms with Gasteiger partial charge in [-0.3, -0.25) is 0 Å². The van der Waals surface area contributed by atoms with Crippen LogP contribution in [0.2, 0.25) is 0 Å². The standard InChI is InChI=1S/C7H6N5/c8-11-10-6-2-1-3-12-5-9-4-7(6)12/h1-5,8H/q+1. The van der Waals surface area contributed by atoms with Gasteiger partial charge in [0.25, 0.3) is 0 Å². The minimum Gasteiger partial charge on any atom is -0.304 e. The Hall–Kier alpha value is -2.00. The fraction of sp³-hybridized carbons (Fsp3) is 0. The van der Waals surface area contributed by atoms with E-state index < -0.39 is 0 Å². The lowest BCUT2D eigenvalue weighted by atomic mass is 10.4.